The van der Waals surface area contributed by atoms with Crippen LogP contribution in [-0.4, -0.2) is 28.0 Å². The van der Waals surface area contributed by atoms with Crippen molar-refractivity contribution in [2.24, 2.45) is 0 Å². The van der Waals surface area contributed by atoms with Crippen LogP contribution in [0, 0.1) is 17.5 Å². The summed E-state index contributed by atoms with van der Waals surface area (Å²) in [7, 11) is -3.33. The lowest BCUT2D eigenvalue weighted by Gasteiger charge is -2.12. The van der Waals surface area contributed by atoms with Crippen molar-refractivity contribution in [3.05, 3.63) is 53.3 Å². The minimum absolute atomic E-state index is 0.00348. The Morgan fingerprint density at radius 1 is 1.07 bits per heavy atom. The number of hydrogen-bond acceptors (Lipinski definition) is 5. The topological polar surface area (TPSA) is 93.7 Å². The van der Waals surface area contributed by atoms with Gasteiger partial charge in [-0.1, -0.05) is 0 Å². The van der Waals surface area contributed by atoms with E-state index in [0.29, 0.717) is 24.5 Å². The van der Waals surface area contributed by atoms with Gasteiger partial charge in [-0.25, -0.2) is 21.6 Å². The van der Waals surface area contributed by atoms with Crippen molar-refractivity contribution >= 4 is 15.9 Å². The van der Waals surface area contributed by atoms with Gasteiger partial charge in [-0.15, -0.1) is 4.83 Å². The molecule has 11 heteroatoms. The van der Waals surface area contributed by atoms with Gasteiger partial charge in [-0.2, -0.15) is 0 Å². The van der Waals surface area contributed by atoms with Gasteiger partial charge in [0.1, 0.15) is 4.90 Å². The number of hydrogen-bond donors (Lipinski definition) is 2. The molecule has 0 aliphatic heterocycles. The lowest BCUT2D eigenvalue weighted by atomic mass is 10.2. The summed E-state index contributed by atoms with van der Waals surface area (Å²) in [6, 6.07) is 5.07. The molecule has 1 amide bonds. The molecule has 0 atom stereocenters. The molecule has 0 aromatic heterocycles. The van der Waals surface area contributed by atoms with Crippen LogP contribution in [0.4, 0.5) is 13.2 Å². The summed E-state index contributed by atoms with van der Waals surface area (Å²) < 4.78 is 74.2. The van der Waals surface area contributed by atoms with Gasteiger partial charge < -0.3 is 9.47 Å². The Labute approximate surface area is 153 Å². The van der Waals surface area contributed by atoms with Crippen LogP contribution in [0.5, 0.6) is 11.5 Å². The first-order valence-corrected chi connectivity index (χ1v) is 8.96. The summed E-state index contributed by atoms with van der Waals surface area (Å²) in [6.45, 7) is 2.12. The minimum atomic E-state index is -4.69. The van der Waals surface area contributed by atoms with E-state index in [0.717, 1.165) is 0 Å². The van der Waals surface area contributed by atoms with Crippen LogP contribution < -0.4 is 19.7 Å². The molecule has 0 aliphatic carbocycles. The SMILES string of the molecule is CCOc1ccc(C(=O)NNS(=O)(=O)c2ccc(F)c(F)c2F)cc1OC. The van der Waals surface area contributed by atoms with Gasteiger partial charge in [0.25, 0.3) is 15.9 Å². The molecule has 146 valence electrons. The molecule has 0 heterocycles. The second-order valence-corrected chi connectivity index (χ2v) is 6.68. The Morgan fingerprint density at radius 2 is 1.78 bits per heavy atom. The number of carbonyl (C=O) groups is 1. The van der Waals surface area contributed by atoms with E-state index in [1.165, 1.54) is 25.3 Å². The maximum absolute atomic E-state index is 13.6. The number of methoxy groups -OCH3 is 1. The van der Waals surface area contributed by atoms with Crippen molar-refractivity contribution < 1.29 is 35.9 Å². The molecule has 0 radical (unpaired) electrons. The summed E-state index contributed by atoms with van der Waals surface area (Å²) in [5.74, 6) is -5.68. The second-order valence-electron chi connectivity index (χ2n) is 5.03. The van der Waals surface area contributed by atoms with Crippen LogP contribution in [0.2, 0.25) is 0 Å². The van der Waals surface area contributed by atoms with E-state index >= 15 is 0 Å². The fourth-order valence-electron chi connectivity index (χ4n) is 2.04. The van der Waals surface area contributed by atoms with Gasteiger partial charge in [-0.05, 0) is 37.3 Å². The number of carbonyl (C=O) groups excluding carboxylic acids is 1. The highest BCUT2D eigenvalue weighted by atomic mass is 32.2. The number of nitrogens with one attached hydrogen (secondary N) is 2. The first-order valence-electron chi connectivity index (χ1n) is 7.47. The van der Waals surface area contributed by atoms with Crippen LogP contribution in [-0.2, 0) is 10.0 Å². The smallest absolute Gasteiger partial charge is 0.266 e. The van der Waals surface area contributed by atoms with Crippen LogP contribution >= 0.6 is 0 Å². The highest BCUT2D eigenvalue weighted by molar-refractivity contribution is 7.89. The zero-order chi connectivity index (χ0) is 20.2. The Bertz CT molecular complexity index is 967. The third-order valence-corrected chi connectivity index (χ3v) is 4.58. The van der Waals surface area contributed by atoms with E-state index in [2.05, 4.69) is 0 Å². The van der Waals surface area contributed by atoms with Gasteiger partial charge in [0.05, 0.1) is 13.7 Å². The third kappa shape index (κ3) is 4.49. The lowest BCUT2D eigenvalue weighted by Crippen LogP contribution is -2.41. The summed E-state index contributed by atoms with van der Waals surface area (Å²) >= 11 is 0. The fourth-order valence-corrected chi connectivity index (χ4v) is 2.95. The normalized spacial score (nSPS) is 11.1. The second kappa shape index (κ2) is 8.27. The number of ether oxygens (including phenoxy) is 2. The number of benzene rings is 2. The molecular weight excluding hydrogens is 389 g/mol. The number of amides is 1. The Hall–Kier alpha value is -2.79. The molecule has 27 heavy (non-hydrogen) atoms. The van der Waals surface area contributed by atoms with Gasteiger partial charge >= 0.3 is 0 Å². The van der Waals surface area contributed by atoms with Crippen LogP contribution in [0.15, 0.2) is 35.2 Å². The van der Waals surface area contributed by atoms with Crippen LogP contribution in [0.25, 0.3) is 0 Å². The molecule has 2 aromatic rings. The molecular formula is C16H15F3N2O5S. The van der Waals surface area contributed by atoms with E-state index in [1.807, 2.05) is 5.43 Å². The number of sulfonamides is 1. The van der Waals surface area contributed by atoms with Crippen molar-refractivity contribution in [1.29, 1.82) is 0 Å². The first-order chi connectivity index (χ1) is 12.7. The average Bonchev–Trinajstić information content (AvgIpc) is 2.64. The third-order valence-electron chi connectivity index (χ3n) is 3.31. The molecule has 2 aromatic carbocycles. The summed E-state index contributed by atoms with van der Waals surface area (Å²) in [5.41, 5.74) is 1.85. The van der Waals surface area contributed by atoms with Crippen molar-refractivity contribution in [1.82, 2.24) is 10.3 Å². The maximum atomic E-state index is 13.6. The van der Waals surface area contributed by atoms with E-state index in [1.54, 1.807) is 11.8 Å². The quantitative estimate of drug-likeness (QED) is 0.545. The molecule has 0 saturated heterocycles. The Balaban J connectivity index is 2.18. The van der Waals surface area contributed by atoms with E-state index in [4.69, 9.17) is 9.47 Å². The molecule has 0 bridgehead atoms. The first kappa shape index (κ1) is 20.5. The van der Waals surface area contributed by atoms with Crippen LogP contribution in [0.3, 0.4) is 0 Å². The van der Waals surface area contributed by atoms with Gasteiger partial charge in [0.2, 0.25) is 0 Å². The highest BCUT2D eigenvalue weighted by Crippen LogP contribution is 2.28. The number of rotatable bonds is 7. The van der Waals surface area contributed by atoms with E-state index < -0.39 is 38.3 Å². The minimum Gasteiger partial charge on any atom is -0.493 e. The lowest BCUT2D eigenvalue weighted by molar-refractivity contribution is 0.0944. The standard InChI is InChI=1S/C16H15F3N2O5S/c1-3-26-11-6-4-9(8-12(11)25-2)16(22)20-21-27(23,24)13-7-5-10(17)14(18)15(13)19/h4-8,21H,3H2,1-2H3,(H,20,22). The Kier molecular flexibility index (Phi) is 6.28. The zero-order valence-corrected chi connectivity index (χ0v) is 15.0. The van der Waals surface area contributed by atoms with Crippen molar-refractivity contribution in [3.63, 3.8) is 0 Å². The summed E-state index contributed by atoms with van der Waals surface area (Å²) in [5, 5.41) is 0. The zero-order valence-electron chi connectivity index (χ0n) is 14.2. The summed E-state index contributed by atoms with van der Waals surface area (Å²) in [6.07, 6.45) is 0. The number of hydrazine groups is 1. The number of halogens is 3. The molecule has 2 rings (SSSR count). The molecule has 0 saturated carbocycles. The molecule has 0 aliphatic rings. The maximum Gasteiger partial charge on any atom is 0.266 e. The largest absolute Gasteiger partial charge is 0.493 e. The predicted molar refractivity (Wildman–Crippen MR) is 88.3 cm³/mol. The van der Waals surface area contributed by atoms with Gasteiger partial charge in [0, 0.05) is 5.56 Å². The molecule has 7 nitrogen and oxygen atoms in total. The highest BCUT2D eigenvalue weighted by Gasteiger charge is 2.24. The fraction of sp³-hybridized carbons (Fsp3) is 0.188. The van der Waals surface area contributed by atoms with Crippen molar-refractivity contribution in [3.8, 4) is 11.5 Å². The monoisotopic (exact) mass is 404 g/mol. The average molecular weight is 404 g/mol. The summed E-state index contributed by atoms with van der Waals surface area (Å²) in [4.78, 5) is 12.6. The molecule has 0 unspecified atom stereocenters. The Morgan fingerprint density at radius 3 is 2.41 bits per heavy atom. The predicted octanol–water partition coefficient (Wildman–Crippen LogP) is 2.13. The van der Waals surface area contributed by atoms with E-state index in [-0.39, 0.29) is 11.3 Å². The molecule has 0 fully saturated rings. The van der Waals surface area contributed by atoms with Crippen molar-refractivity contribution in [2.45, 2.75) is 11.8 Å². The van der Waals surface area contributed by atoms with Crippen LogP contribution in [0.1, 0.15) is 17.3 Å². The van der Waals surface area contributed by atoms with E-state index in [9.17, 15) is 26.4 Å². The van der Waals surface area contributed by atoms with Crippen molar-refractivity contribution in [2.75, 3.05) is 13.7 Å². The van der Waals surface area contributed by atoms with Gasteiger partial charge in [0.15, 0.2) is 29.0 Å². The molecule has 2 N–H and O–H groups in total. The van der Waals surface area contributed by atoms with Gasteiger partial charge in [-0.3, -0.25) is 10.2 Å². The molecule has 0 spiro atoms.